The topological polar surface area (TPSA) is 40.5 Å². The number of benzene rings is 1. The van der Waals surface area contributed by atoms with Gasteiger partial charge in [-0.05, 0) is 31.7 Å². The van der Waals surface area contributed by atoms with Crippen LogP contribution in [0.5, 0.6) is 0 Å². The molecule has 1 N–H and O–H groups in total. The number of nitrogens with zero attached hydrogens (tertiary/aromatic N) is 1. The van der Waals surface area contributed by atoms with Gasteiger partial charge in [0.15, 0.2) is 0 Å². The Kier molecular flexibility index (Phi) is 7.44. The molecule has 0 saturated carbocycles. The molecule has 3 heteroatoms. The number of carbonyl (C=O) groups is 1. The van der Waals surface area contributed by atoms with Gasteiger partial charge in [0.2, 0.25) is 5.91 Å². The average molecular weight is 291 g/mol. The second kappa shape index (κ2) is 8.83. The van der Waals surface area contributed by atoms with Gasteiger partial charge in [-0.2, -0.15) is 0 Å². The van der Waals surface area contributed by atoms with E-state index in [9.17, 15) is 4.79 Å². The summed E-state index contributed by atoms with van der Waals surface area (Å²) in [6.45, 7) is 9.08. The number of rotatable bonds is 8. The van der Waals surface area contributed by atoms with Crippen LogP contribution in [0.1, 0.15) is 52.0 Å². The molecule has 0 fully saturated rings. The van der Waals surface area contributed by atoms with Gasteiger partial charge in [0, 0.05) is 19.2 Å². The lowest BCUT2D eigenvalue weighted by Crippen LogP contribution is -2.42. The molecule has 118 valence electrons. The highest BCUT2D eigenvalue weighted by Crippen LogP contribution is 2.29. The summed E-state index contributed by atoms with van der Waals surface area (Å²) in [4.78, 5) is 14.9. The van der Waals surface area contributed by atoms with Gasteiger partial charge in [0.05, 0.1) is 5.92 Å². The molecule has 0 heterocycles. The molecule has 2 unspecified atom stereocenters. The first-order valence-corrected chi connectivity index (χ1v) is 7.99. The summed E-state index contributed by atoms with van der Waals surface area (Å²) < 4.78 is 0. The molecule has 21 heavy (non-hydrogen) atoms. The van der Waals surface area contributed by atoms with Gasteiger partial charge in [-0.3, -0.25) is 4.79 Å². The van der Waals surface area contributed by atoms with Crippen LogP contribution in [-0.2, 0) is 4.79 Å². The van der Waals surface area contributed by atoms with E-state index in [4.69, 9.17) is 5.11 Å². The first-order chi connectivity index (χ1) is 10.0. The molecule has 0 spiro atoms. The Bertz CT molecular complexity index is 416. The third-order valence-electron chi connectivity index (χ3n) is 4.10. The molecule has 0 saturated heterocycles. The average Bonchev–Trinajstić information content (AvgIpc) is 2.48. The Hall–Kier alpha value is -1.35. The van der Waals surface area contributed by atoms with Crippen molar-refractivity contribution in [2.75, 3.05) is 13.2 Å². The second-order valence-electron chi connectivity index (χ2n) is 5.98. The molecule has 3 nitrogen and oxygen atoms in total. The SMILES string of the molecule is CCC(C)C(C(=O)N(CCCO)C(C)C)c1ccccc1. The van der Waals surface area contributed by atoms with Crippen LogP contribution in [0.3, 0.4) is 0 Å². The molecule has 0 radical (unpaired) electrons. The predicted octanol–water partition coefficient (Wildman–Crippen LogP) is 3.44. The van der Waals surface area contributed by atoms with Crippen LogP contribution in [0.2, 0.25) is 0 Å². The molecule has 0 aliphatic carbocycles. The normalized spacial score (nSPS) is 14.0. The summed E-state index contributed by atoms with van der Waals surface area (Å²) in [5, 5.41) is 9.05. The highest BCUT2D eigenvalue weighted by molar-refractivity contribution is 5.84. The maximum atomic E-state index is 13.0. The maximum Gasteiger partial charge on any atom is 0.230 e. The third-order valence-corrected chi connectivity index (χ3v) is 4.10. The van der Waals surface area contributed by atoms with E-state index in [2.05, 4.69) is 13.8 Å². The van der Waals surface area contributed by atoms with Crippen molar-refractivity contribution in [1.29, 1.82) is 0 Å². The molecule has 1 rings (SSSR count). The van der Waals surface area contributed by atoms with Crippen molar-refractivity contribution in [3.8, 4) is 0 Å². The first-order valence-electron chi connectivity index (χ1n) is 7.99. The molecule has 1 amide bonds. The zero-order chi connectivity index (χ0) is 15.8. The van der Waals surface area contributed by atoms with E-state index in [1.54, 1.807) is 0 Å². The van der Waals surface area contributed by atoms with Crippen molar-refractivity contribution in [2.45, 2.75) is 52.5 Å². The van der Waals surface area contributed by atoms with Gasteiger partial charge in [0.1, 0.15) is 0 Å². The smallest absolute Gasteiger partial charge is 0.230 e. The summed E-state index contributed by atoms with van der Waals surface area (Å²) >= 11 is 0. The predicted molar refractivity (Wildman–Crippen MR) is 87.2 cm³/mol. The fraction of sp³-hybridized carbons (Fsp3) is 0.611. The summed E-state index contributed by atoms with van der Waals surface area (Å²) in [6.07, 6.45) is 1.60. The Balaban J connectivity index is 3.04. The Morgan fingerprint density at radius 3 is 2.29 bits per heavy atom. The summed E-state index contributed by atoms with van der Waals surface area (Å²) in [6, 6.07) is 10.2. The number of aliphatic hydroxyl groups is 1. The maximum absolute atomic E-state index is 13.0. The van der Waals surface area contributed by atoms with E-state index in [-0.39, 0.29) is 24.5 Å². The van der Waals surface area contributed by atoms with E-state index >= 15 is 0 Å². The molecule has 1 aromatic carbocycles. The van der Waals surface area contributed by atoms with Crippen molar-refractivity contribution in [3.05, 3.63) is 35.9 Å². The molecule has 2 atom stereocenters. The van der Waals surface area contributed by atoms with Gasteiger partial charge in [-0.25, -0.2) is 0 Å². The van der Waals surface area contributed by atoms with E-state index in [1.165, 1.54) is 0 Å². The van der Waals surface area contributed by atoms with Gasteiger partial charge in [-0.1, -0.05) is 50.6 Å². The van der Waals surface area contributed by atoms with Crippen LogP contribution in [-0.4, -0.2) is 35.1 Å². The Morgan fingerprint density at radius 2 is 1.81 bits per heavy atom. The van der Waals surface area contributed by atoms with Crippen molar-refractivity contribution < 1.29 is 9.90 Å². The van der Waals surface area contributed by atoms with Crippen LogP contribution >= 0.6 is 0 Å². The molecular formula is C18H29NO2. The monoisotopic (exact) mass is 291 g/mol. The molecule has 0 bridgehead atoms. The highest BCUT2D eigenvalue weighted by atomic mass is 16.3. The molecule has 1 aromatic rings. The van der Waals surface area contributed by atoms with Crippen molar-refractivity contribution in [3.63, 3.8) is 0 Å². The number of hydrogen-bond acceptors (Lipinski definition) is 2. The number of hydrogen-bond donors (Lipinski definition) is 1. The fourth-order valence-electron chi connectivity index (χ4n) is 2.65. The van der Waals surface area contributed by atoms with Crippen LogP contribution in [0.4, 0.5) is 0 Å². The number of amides is 1. The quantitative estimate of drug-likeness (QED) is 0.797. The lowest BCUT2D eigenvalue weighted by atomic mass is 9.84. The lowest BCUT2D eigenvalue weighted by Gasteiger charge is -2.33. The summed E-state index contributed by atoms with van der Waals surface area (Å²) in [5.74, 6) is 0.381. The summed E-state index contributed by atoms with van der Waals surface area (Å²) in [5.41, 5.74) is 1.09. The minimum Gasteiger partial charge on any atom is -0.396 e. The Morgan fingerprint density at radius 1 is 1.19 bits per heavy atom. The van der Waals surface area contributed by atoms with Crippen LogP contribution < -0.4 is 0 Å². The molecule has 0 aliphatic heterocycles. The number of aliphatic hydroxyl groups excluding tert-OH is 1. The second-order valence-corrected chi connectivity index (χ2v) is 5.98. The molecular weight excluding hydrogens is 262 g/mol. The zero-order valence-electron chi connectivity index (χ0n) is 13.7. The highest BCUT2D eigenvalue weighted by Gasteiger charge is 2.30. The van der Waals surface area contributed by atoms with Gasteiger partial charge < -0.3 is 10.0 Å². The van der Waals surface area contributed by atoms with Crippen LogP contribution in [0, 0.1) is 5.92 Å². The van der Waals surface area contributed by atoms with Crippen molar-refractivity contribution >= 4 is 5.91 Å². The first kappa shape index (κ1) is 17.7. The number of carbonyl (C=O) groups excluding carboxylic acids is 1. The van der Waals surface area contributed by atoms with Gasteiger partial charge >= 0.3 is 0 Å². The minimum absolute atomic E-state index is 0.0997. The van der Waals surface area contributed by atoms with E-state index in [0.29, 0.717) is 18.9 Å². The van der Waals surface area contributed by atoms with Gasteiger partial charge in [-0.15, -0.1) is 0 Å². The Labute approximate surface area is 129 Å². The van der Waals surface area contributed by atoms with Gasteiger partial charge in [0.25, 0.3) is 0 Å². The van der Waals surface area contributed by atoms with Crippen LogP contribution in [0.25, 0.3) is 0 Å². The summed E-state index contributed by atoms with van der Waals surface area (Å²) in [7, 11) is 0. The standard InChI is InChI=1S/C18H29NO2/c1-5-15(4)17(16-10-7-6-8-11-16)18(21)19(14(2)3)12-9-13-20/h6-8,10-11,14-15,17,20H,5,9,12-13H2,1-4H3. The van der Waals surface area contributed by atoms with Crippen LogP contribution in [0.15, 0.2) is 30.3 Å². The minimum atomic E-state index is -0.0997. The third kappa shape index (κ3) is 4.85. The largest absolute Gasteiger partial charge is 0.396 e. The molecule has 0 aromatic heterocycles. The van der Waals surface area contributed by atoms with Crippen molar-refractivity contribution in [2.24, 2.45) is 5.92 Å². The van der Waals surface area contributed by atoms with E-state index in [0.717, 1.165) is 12.0 Å². The van der Waals surface area contributed by atoms with Crippen molar-refractivity contribution in [1.82, 2.24) is 4.90 Å². The zero-order valence-corrected chi connectivity index (χ0v) is 13.7. The lowest BCUT2D eigenvalue weighted by molar-refractivity contribution is -0.136. The molecule has 0 aliphatic rings. The fourth-order valence-corrected chi connectivity index (χ4v) is 2.65. The van der Waals surface area contributed by atoms with E-state index in [1.807, 2.05) is 49.1 Å². The van der Waals surface area contributed by atoms with E-state index < -0.39 is 0 Å².